The summed E-state index contributed by atoms with van der Waals surface area (Å²) in [6.45, 7) is 10.1. The van der Waals surface area contributed by atoms with Gasteiger partial charge < -0.3 is 10.0 Å². The summed E-state index contributed by atoms with van der Waals surface area (Å²) in [6.07, 6.45) is 7.88. The van der Waals surface area contributed by atoms with Gasteiger partial charge in [-0.1, -0.05) is 54.1 Å². The number of nitrogens with zero attached hydrogens (tertiary/aromatic N) is 3. The fourth-order valence-electron chi connectivity index (χ4n) is 4.41. The van der Waals surface area contributed by atoms with Crippen LogP contribution in [-0.4, -0.2) is 29.5 Å². The number of carboxylic acids is 1. The van der Waals surface area contributed by atoms with Crippen molar-refractivity contribution in [2.24, 2.45) is 5.41 Å². The van der Waals surface area contributed by atoms with Gasteiger partial charge in [0.1, 0.15) is 17.7 Å². The molecule has 0 aliphatic heterocycles. The van der Waals surface area contributed by atoms with E-state index in [-0.39, 0.29) is 11.0 Å². The van der Waals surface area contributed by atoms with Crippen molar-refractivity contribution in [3.8, 4) is 12.1 Å². The van der Waals surface area contributed by atoms with Crippen LogP contribution in [0.4, 0.5) is 5.69 Å². The van der Waals surface area contributed by atoms with Gasteiger partial charge in [-0.3, -0.25) is 4.79 Å². The maximum absolute atomic E-state index is 12.1. The molecular weight excluding hydrogens is 478 g/mol. The Morgan fingerprint density at radius 2 is 1.88 bits per heavy atom. The molecule has 0 amide bonds. The molecule has 5 nitrogen and oxygen atoms in total. The molecule has 0 aromatic heterocycles. The van der Waals surface area contributed by atoms with E-state index in [1.807, 2.05) is 48.6 Å². The van der Waals surface area contributed by atoms with Crippen LogP contribution in [0.5, 0.6) is 0 Å². The second-order valence-corrected chi connectivity index (χ2v) is 9.84. The van der Waals surface area contributed by atoms with Crippen LogP contribution in [0.2, 0.25) is 0 Å². The molecule has 0 bridgehead atoms. The molecule has 1 atom stereocenters. The summed E-state index contributed by atoms with van der Waals surface area (Å²) in [5, 5.41) is 29.1. The van der Waals surface area contributed by atoms with Gasteiger partial charge in [0.2, 0.25) is 0 Å². The van der Waals surface area contributed by atoms with Crippen LogP contribution >= 0.6 is 15.9 Å². The maximum atomic E-state index is 12.1. The van der Waals surface area contributed by atoms with Gasteiger partial charge in [0.05, 0.1) is 5.92 Å². The second kappa shape index (κ2) is 11.9. The average molecular weight is 510 g/mol. The summed E-state index contributed by atoms with van der Waals surface area (Å²) < 4.78 is 0. The number of allylic oxidation sites excluding steroid dienone is 5. The first-order valence-electron chi connectivity index (χ1n) is 11.3. The Morgan fingerprint density at radius 1 is 1.21 bits per heavy atom. The number of alkyl halides is 1. The third-order valence-electron chi connectivity index (χ3n) is 6.00. The van der Waals surface area contributed by atoms with E-state index in [2.05, 4.69) is 48.5 Å². The number of hydrogen-bond acceptors (Lipinski definition) is 4. The fourth-order valence-corrected chi connectivity index (χ4v) is 4.87. The lowest BCUT2D eigenvalue weighted by Gasteiger charge is -2.30. The highest BCUT2D eigenvalue weighted by molar-refractivity contribution is 9.09. The quantitative estimate of drug-likeness (QED) is 0.299. The highest BCUT2D eigenvalue weighted by Crippen LogP contribution is 2.40. The Hall–Kier alpha value is -2.83. The first-order valence-corrected chi connectivity index (χ1v) is 12.4. The van der Waals surface area contributed by atoms with E-state index in [0.29, 0.717) is 18.2 Å². The van der Waals surface area contributed by atoms with Gasteiger partial charge in [0.25, 0.3) is 0 Å². The van der Waals surface area contributed by atoms with Crippen LogP contribution in [0, 0.1) is 28.1 Å². The Morgan fingerprint density at radius 3 is 2.42 bits per heavy atom. The van der Waals surface area contributed by atoms with E-state index in [1.165, 1.54) is 0 Å². The number of aliphatic carboxylic acids is 1. The van der Waals surface area contributed by atoms with Crippen molar-refractivity contribution < 1.29 is 9.90 Å². The van der Waals surface area contributed by atoms with Crippen molar-refractivity contribution in [3.05, 3.63) is 58.2 Å². The van der Waals surface area contributed by atoms with Crippen molar-refractivity contribution in [3.63, 3.8) is 0 Å². The summed E-state index contributed by atoms with van der Waals surface area (Å²) in [7, 11) is 0. The normalized spacial score (nSPS) is 16.0. The Kier molecular flexibility index (Phi) is 9.50. The number of hydrogen-bond donors (Lipinski definition) is 1. The largest absolute Gasteiger partial charge is 0.481 e. The molecule has 1 aromatic rings. The molecule has 1 unspecified atom stereocenters. The molecule has 0 fully saturated rings. The Balaban J connectivity index is 2.57. The molecule has 6 heteroatoms. The van der Waals surface area contributed by atoms with Gasteiger partial charge in [-0.2, -0.15) is 10.5 Å². The molecule has 0 saturated heterocycles. The third-order valence-corrected chi connectivity index (χ3v) is 6.46. The topological polar surface area (TPSA) is 88.1 Å². The Bertz CT molecular complexity index is 1030. The zero-order valence-electron chi connectivity index (χ0n) is 19.9. The van der Waals surface area contributed by atoms with E-state index >= 15 is 0 Å². The highest BCUT2D eigenvalue weighted by Gasteiger charge is 2.27. The van der Waals surface area contributed by atoms with Gasteiger partial charge in [0.15, 0.2) is 0 Å². The van der Waals surface area contributed by atoms with Crippen LogP contribution in [0.3, 0.4) is 0 Å². The molecule has 2 rings (SSSR count). The lowest BCUT2D eigenvalue weighted by molar-refractivity contribution is -0.138. The maximum Gasteiger partial charge on any atom is 0.311 e. The van der Waals surface area contributed by atoms with Gasteiger partial charge in [0, 0.05) is 24.1 Å². The molecule has 1 aliphatic rings. The highest BCUT2D eigenvalue weighted by atomic mass is 79.9. The number of carboxylic acid groups (broad SMARTS) is 1. The first-order chi connectivity index (χ1) is 15.7. The van der Waals surface area contributed by atoms with E-state index in [4.69, 9.17) is 0 Å². The first kappa shape index (κ1) is 26.4. The molecule has 0 heterocycles. The molecule has 1 aliphatic carbocycles. The van der Waals surface area contributed by atoms with Crippen molar-refractivity contribution >= 4 is 33.7 Å². The zero-order chi connectivity index (χ0) is 24.6. The lowest BCUT2D eigenvalue weighted by atomic mass is 9.74. The summed E-state index contributed by atoms with van der Waals surface area (Å²) >= 11 is 3.40. The number of anilines is 1. The molecular formula is C27H32BrN3O2. The van der Waals surface area contributed by atoms with Gasteiger partial charge in [-0.15, -0.1) is 0 Å². The predicted molar refractivity (Wildman–Crippen MR) is 137 cm³/mol. The van der Waals surface area contributed by atoms with Crippen molar-refractivity contribution in [2.45, 2.75) is 52.9 Å². The van der Waals surface area contributed by atoms with Crippen LogP contribution < -0.4 is 4.90 Å². The molecule has 0 spiro atoms. The average Bonchev–Trinajstić information content (AvgIpc) is 2.77. The van der Waals surface area contributed by atoms with Crippen LogP contribution in [0.25, 0.3) is 6.08 Å². The van der Waals surface area contributed by atoms with Gasteiger partial charge in [-0.25, -0.2) is 0 Å². The molecule has 0 radical (unpaired) electrons. The minimum atomic E-state index is -0.836. The standard InChI is InChI=1S/C27H32BrN3O2/c1-5-31(6-2)23-10-9-20(25(14-23)24(11-12-28)26(32)33)8-7-19-13-21(22(17-29)18-30)16-27(3,4)15-19/h7-10,13-14,24H,5-6,11-12,15-16H2,1-4H3,(H,32,33)/b8-7+. The van der Waals surface area contributed by atoms with E-state index in [0.717, 1.165) is 47.5 Å². The molecule has 174 valence electrons. The van der Waals surface area contributed by atoms with E-state index < -0.39 is 11.9 Å². The second-order valence-electron chi connectivity index (χ2n) is 9.05. The lowest BCUT2D eigenvalue weighted by Crippen LogP contribution is -2.22. The summed E-state index contributed by atoms with van der Waals surface area (Å²) in [5.41, 5.74) is 4.55. The number of carbonyl (C=O) groups is 1. The smallest absolute Gasteiger partial charge is 0.311 e. The van der Waals surface area contributed by atoms with Crippen molar-refractivity contribution in [1.29, 1.82) is 10.5 Å². The number of nitriles is 2. The molecule has 1 aromatic carbocycles. The summed E-state index contributed by atoms with van der Waals surface area (Å²) in [6, 6.07) is 10.0. The number of benzene rings is 1. The van der Waals surface area contributed by atoms with Crippen LogP contribution in [-0.2, 0) is 4.79 Å². The third kappa shape index (κ3) is 6.83. The van der Waals surface area contributed by atoms with E-state index in [1.54, 1.807) is 0 Å². The SMILES string of the molecule is CCN(CC)c1ccc(/C=C/C2=CC(=C(C#N)C#N)CC(C)(C)C2)c(C(CCBr)C(=O)O)c1. The fraction of sp³-hybridized carbons (Fsp3) is 0.444. The minimum absolute atomic E-state index is 0.0717. The molecule has 0 saturated carbocycles. The zero-order valence-corrected chi connectivity index (χ0v) is 21.4. The summed E-state index contributed by atoms with van der Waals surface area (Å²) in [4.78, 5) is 14.3. The van der Waals surface area contributed by atoms with Crippen LogP contribution in [0.15, 0.2) is 47.1 Å². The molecule has 33 heavy (non-hydrogen) atoms. The Labute approximate surface area is 205 Å². The van der Waals surface area contributed by atoms with Crippen molar-refractivity contribution in [1.82, 2.24) is 0 Å². The van der Waals surface area contributed by atoms with Gasteiger partial charge >= 0.3 is 5.97 Å². The van der Waals surface area contributed by atoms with E-state index in [9.17, 15) is 20.4 Å². The summed E-state index contributed by atoms with van der Waals surface area (Å²) in [5.74, 6) is -1.45. The van der Waals surface area contributed by atoms with Crippen molar-refractivity contribution in [2.75, 3.05) is 23.3 Å². The monoisotopic (exact) mass is 509 g/mol. The minimum Gasteiger partial charge on any atom is -0.481 e. The number of halogens is 1. The number of rotatable bonds is 9. The molecule has 1 N–H and O–H groups in total. The van der Waals surface area contributed by atoms with Crippen LogP contribution in [0.1, 0.15) is 64.0 Å². The predicted octanol–water partition coefficient (Wildman–Crippen LogP) is 6.59. The van der Waals surface area contributed by atoms with Gasteiger partial charge in [-0.05, 0) is 72.9 Å².